The molecular weight excluding hydrogens is 390 g/mol. The second-order valence-corrected chi connectivity index (χ2v) is 10.0. The van der Waals surface area contributed by atoms with Crippen LogP contribution in [-0.4, -0.2) is 12.5 Å². The normalized spacial score (nSPS) is 17.9. The van der Waals surface area contributed by atoms with Crippen molar-refractivity contribution in [3.05, 3.63) is 82.0 Å². The second kappa shape index (κ2) is 13.9. The van der Waals surface area contributed by atoms with Crippen molar-refractivity contribution in [3.8, 4) is 0 Å². The lowest BCUT2D eigenvalue weighted by Gasteiger charge is -2.32. The van der Waals surface area contributed by atoms with E-state index in [9.17, 15) is 4.79 Å². The molecule has 0 aromatic carbocycles. The van der Waals surface area contributed by atoms with Crippen LogP contribution in [0.1, 0.15) is 87.5 Å². The zero-order valence-electron chi connectivity index (χ0n) is 21.8. The number of hydrogen-bond acceptors (Lipinski definition) is 1. The van der Waals surface area contributed by atoms with Crippen LogP contribution in [0.5, 0.6) is 0 Å². The summed E-state index contributed by atoms with van der Waals surface area (Å²) in [6.45, 7) is 17.9. The first kappa shape index (κ1) is 27.7. The predicted molar refractivity (Wildman–Crippen MR) is 142 cm³/mol. The standard InChI is InChI=1S/C30H45NO/c1-23(2)12-9-13-25(4)19-21-31-29(32)22-26(5)15-10-14-24(3)17-18-28-27(6)16-11-20-30(28,7)8/h10,12,14-15,17-19,22H,9,11,13,16,20-21H2,1-8H3,(H,31,32). The van der Waals surface area contributed by atoms with Crippen LogP contribution in [0.15, 0.2) is 82.0 Å². The van der Waals surface area contributed by atoms with Crippen molar-refractivity contribution in [2.75, 3.05) is 6.54 Å². The van der Waals surface area contributed by atoms with Crippen molar-refractivity contribution < 1.29 is 4.79 Å². The Morgan fingerprint density at radius 3 is 2.41 bits per heavy atom. The van der Waals surface area contributed by atoms with Gasteiger partial charge in [-0.15, -0.1) is 0 Å². The summed E-state index contributed by atoms with van der Waals surface area (Å²) < 4.78 is 0. The molecular formula is C30H45NO. The Balaban J connectivity index is 2.55. The molecule has 0 saturated carbocycles. The number of allylic oxidation sites excluding steroid dienone is 12. The van der Waals surface area contributed by atoms with Gasteiger partial charge in [-0.25, -0.2) is 0 Å². The zero-order valence-corrected chi connectivity index (χ0v) is 21.8. The van der Waals surface area contributed by atoms with Crippen molar-refractivity contribution in [1.82, 2.24) is 5.32 Å². The van der Waals surface area contributed by atoms with Gasteiger partial charge in [-0.05, 0) is 90.2 Å². The number of carbonyl (C=O) groups is 1. The van der Waals surface area contributed by atoms with Gasteiger partial charge in [0.1, 0.15) is 0 Å². The minimum absolute atomic E-state index is 0.0527. The fourth-order valence-corrected chi connectivity index (χ4v) is 3.95. The SMILES string of the molecule is CC(C)=CCCC(C)=CCNC(=O)C=C(C)C=CC=C(C)C=CC1=C(C)CCCC1(C)C. The topological polar surface area (TPSA) is 29.1 Å². The molecule has 0 aromatic rings. The highest BCUT2D eigenvalue weighted by Gasteiger charge is 2.26. The van der Waals surface area contributed by atoms with Gasteiger partial charge in [-0.2, -0.15) is 0 Å². The molecule has 0 radical (unpaired) electrons. The molecule has 0 aliphatic heterocycles. The van der Waals surface area contributed by atoms with Crippen LogP contribution in [0.25, 0.3) is 0 Å². The van der Waals surface area contributed by atoms with Crippen molar-refractivity contribution >= 4 is 5.91 Å². The van der Waals surface area contributed by atoms with Gasteiger partial charge in [0.2, 0.25) is 5.91 Å². The summed E-state index contributed by atoms with van der Waals surface area (Å²) in [6, 6.07) is 0. The van der Waals surface area contributed by atoms with Gasteiger partial charge < -0.3 is 5.32 Å². The maximum atomic E-state index is 12.1. The molecule has 0 fully saturated rings. The summed E-state index contributed by atoms with van der Waals surface area (Å²) in [5.41, 5.74) is 8.06. The molecule has 2 heteroatoms. The molecule has 0 spiro atoms. The molecule has 0 atom stereocenters. The largest absolute Gasteiger partial charge is 0.349 e. The lowest BCUT2D eigenvalue weighted by Crippen LogP contribution is -2.21. The van der Waals surface area contributed by atoms with E-state index in [0.29, 0.717) is 6.54 Å². The van der Waals surface area contributed by atoms with Crippen LogP contribution in [0.4, 0.5) is 0 Å². The van der Waals surface area contributed by atoms with E-state index in [1.165, 1.54) is 47.1 Å². The third-order valence-electron chi connectivity index (χ3n) is 5.95. The summed E-state index contributed by atoms with van der Waals surface area (Å²) in [7, 11) is 0. The molecule has 1 rings (SSSR count). The quantitative estimate of drug-likeness (QED) is 0.208. The molecule has 2 nitrogen and oxygen atoms in total. The third kappa shape index (κ3) is 11.3. The van der Waals surface area contributed by atoms with E-state index < -0.39 is 0 Å². The maximum absolute atomic E-state index is 12.1. The minimum atomic E-state index is -0.0527. The highest BCUT2D eigenvalue weighted by atomic mass is 16.1. The van der Waals surface area contributed by atoms with Gasteiger partial charge in [-0.3, -0.25) is 4.79 Å². The van der Waals surface area contributed by atoms with Crippen LogP contribution in [0, 0.1) is 5.41 Å². The first-order valence-corrected chi connectivity index (χ1v) is 12.0. The summed E-state index contributed by atoms with van der Waals surface area (Å²) in [5, 5.41) is 2.94. The minimum Gasteiger partial charge on any atom is -0.349 e. The van der Waals surface area contributed by atoms with Crippen molar-refractivity contribution in [2.24, 2.45) is 5.41 Å². The average Bonchev–Trinajstić information content (AvgIpc) is 2.66. The van der Waals surface area contributed by atoms with Crippen LogP contribution < -0.4 is 5.32 Å². The fourth-order valence-electron chi connectivity index (χ4n) is 3.95. The lowest BCUT2D eigenvalue weighted by atomic mass is 9.72. The highest BCUT2D eigenvalue weighted by molar-refractivity contribution is 5.88. The molecule has 0 heterocycles. The molecule has 0 bridgehead atoms. The van der Waals surface area contributed by atoms with Crippen molar-refractivity contribution in [2.45, 2.75) is 87.5 Å². The number of hydrogen-bond donors (Lipinski definition) is 1. The van der Waals surface area contributed by atoms with Crippen LogP contribution in [-0.2, 0) is 4.79 Å². The van der Waals surface area contributed by atoms with E-state index in [0.717, 1.165) is 18.4 Å². The van der Waals surface area contributed by atoms with E-state index >= 15 is 0 Å². The van der Waals surface area contributed by atoms with Gasteiger partial charge in [-0.1, -0.05) is 78.7 Å². The second-order valence-electron chi connectivity index (χ2n) is 10.0. The number of amides is 1. The Morgan fingerprint density at radius 2 is 1.75 bits per heavy atom. The first-order chi connectivity index (χ1) is 15.0. The van der Waals surface area contributed by atoms with Gasteiger partial charge >= 0.3 is 0 Å². The summed E-state index contributed by atoms with van der Waals surface area (Å²) >= 11 is 0. The maximum Gasteiger partial charge on any atom is 0.244 e. The molecule has 0 aromatic heterocycles. The first-order valence-electron chi connectivity index (χ1n) is 12.0. The molecule has 1 aliphatic carbocycles. The smallest absolute Gasteiger partial charge is 0.244 e. The zero-order chi connectivity index (χ0) is 24.1. The van der Waals surface area contributed by atoms with Crippen LogP contribution in [0.3, 0.4) is 0 Å². The van der Waals surface area contributed by atoms with Crippen LogP contribution >= 0.6 is 0 Å². The van der Waals surface area contributed by atoms with Crippen molar-refractivity contribution in [1.29, 1.82) is 0 Å². The molecule has 0 saturated heterocycles. The summed E-state index contributed by atoms with van der Waals surface area (Å²) in [5.74, 6) is -0.0527. The number of rotatable bonds is 10. The molecule has 1 aliphatic rings. The van der Waals surface area contributed by atoms with E-state index in [1.54, 1.807) is 6.08 Å². The van der Waals surface area contributed by atoms with Gasteiger partial charge in [0.15, 0.2) is 0 Å². The fraction of sp³-hybridized carbons (Fsp3) is 0.500. The predicted octanol–water partition coefficient (Wildman–Crippen LogP) is 8.33. The van der Waals surface area contributed by atoms with Crippen LogP contribution in [0.2, 0.25) is 0 Å². The van der Waals surface area contributed by atoms with E-state index in [2.05, 4.69) is 84.2 Å². The van der Waals surface area contributed by atoms with Gasteiger partial charge in [0.25, 0.3) is 0 Å². The van der Waals surface area contributed by atoms with Crippen molar-refractivity contribution in [3.63, 3.8) is 0 Å². The molecule has 176 valence electrons. The monoisotopic (exact) mass is 435 g/mol. The Labute approximate surface area is 197 Å². The van der Waals surface area contributed by atoms with Gasteiger partial charge in [0, 0.05) is 12.6 Å². The summed E-state index contributed by atoms with van der Waals surface area (Å²) in [6.07, 6.45) is 22.4. The molecule has 1 N–H and O–H groups in total. The molecule has 32 heavy (non-hydrogen) atoms. The van der Waals surface area contributed by atoms with E-state index in [1.807, 2.05) is 19.1 Å². The Hall–Kier alpha value is -2.35. The Kier molecular flexibility index (Phi) is 12.1. The van der Waals surface area contributed by atoms with E-state index in [-0.39, 0.29) is 11.3 Å². The lowest BCUT2D eigenvalue weighted by molar-refractivity contribution is -0.116. The highest BCUT2D eigenvalue weighted by Crippen LogP contribution is 2.40. The Bertz CT molecular complexity index is 849. The van der Waals surface area contributed by atoms with E-state index in [4.69, 9.17) is 0 Å². The molecule has 0 unspecified atom stereocenters. The number of carbonyl (C=O) groups excluding carboxylic acids is 1. The summed E-state index contributed by atoms with van der Waals surface area (Å²) in [4.78, 5) is 12.1. The average molecular weight is 436 g/mol. The number of nitrogens with one attached hydrogen (secondary N) is 1. The molecule has 1 amide bonds. The van der Waals surface area contributed by atoms with Gasteiger partial charge in [0.05, 0.1) is 0 Å². The Morgan fingerprint density at radius 1 is 1.03 bits per heavy atom. The third-order valence-corrected chi connectivity index (χ3v) is 5.95.